The number of hydrogen-bond donors (Lipinski definition) is 0. The first-order valence-electron chi connectivity index (χ1n) is 7.72. The van der Waals surface area contributed by atoms with Gasteiger partial charge >= 0.3 is 0 Å². The standard InChI is InChI=1S/C16H18ClFN2O2/c17-13-3-2-12(18)8-11(13)10-19-6-4-16-14(19)9-15(21)20(16)5-1-7-22-16/h2-3,8,14H,1,4-7,9-10H2/t14-,16+/m1/s1. The lowest BCUT2D eigenvalue weighted by Crippen LogP contribution is -2.56. The molecule has 0 N–H and O–H groups in total. The van der Waals surface area contributed by atoms with Gasteiger partial charge in [-0.1, -0.05) is 11.6 Å². The van der Waals surface area contributed by atoms with Crippen LogP contribution in [-0.2, 0) is 16.1 Å². The summed E-state index contributed by atoms with van der Waals surface area (Å²) in [4.78, 5) is 16.4. The molecule has 3 heterocycles. The molecule has 3 aliphatic rings. The molecule has 1 aromatic rings. The number of rotatable bonds is 2. The first-order chi connectivity index (χ1) is 10.6. The molecule has 0 aliphatic carbocycles. The summed E-state index contributed by atoms with van der Waals surface area (Å²) < 4.78 is 19.5. The van der Waals surface area contributed by atoms with Crippen LogP contribution in [0.5, 0.6) is 0 Å². The molecule has 22 heavy (non-hydrogen) atoms. The van der Waals surface area contributed by atoms with Crippen molar-refractivity contribution in [3.05, 3.63) is 34.6 Å². The highest BCUT2D eigenvalue weighted by molar-refractivity contribution is 6.31. The van der Waals surface area contributed by atoms with Gasteiger partial charge in [-0.2, -0.15) is 0 Å². The molecule has 0 unspecified atom stereocenters. The summed E-state index contributed by atoms with van der Waals surface area (Å²) in [7, 11) is 0. The number of halogens is 2. The van der Waals surface area contributed by atoms with Crippen LogP contribution in [0.15, 0.2) is 18.2 Å². The monoisotopic (exact) mass is 324 g/mol. The Morgan fingerprint density at radius 3 is 3.14 bits per heavy atom. The lowest BCUT2D eigenvalue weighted by atomic mass is 10.0. The predicted molar refractivity (Wildman–Crippen MR) is 79.9 cm³/mol. The van der Waals surface area contributed by atoms with E-state index in [1.54, 1.807) is 6.07 Å². The number of amides is 1. The molecular formula is C16H18ClFN2O2. The van der Waals surface area contributed by atoms with Crippen LogP contribution in [0, 0.1) is 5.82 Å². The van der Waals surface area contributed by atoms with Crippen LogP contribution in [-0.4, -0.2) is 47.2 Å². The second kappa shape index (κ2) is 5.18. The first-order valence-corrected chi connectivity index (χ1v) is 8.10. The van der Waals surface area contributed by atoms with E-state index in [-0.39, 0.29) is 17.8 Å². The molecule has 6 heteroatoms. The fourth-order valence-corrected chi connectivity index (χ4v) is 4.28. The second-order valence-corrected chi connectivity index (χ2v) is 6.68. The Morgan fingerprint density at radius 1 is 1.41 bits per heavy atom. The molecule has 1 amide bonds. The summed E-state index contributed by atoms with van der Waals surface area (Å²) in [5, 5.41) is 0.563. The number of ether oxygens (including phenoxy) is 1. The topological polar surface area (TPSA) is 32.8 Å². The van der Waals surface area contributed by atoms with Gasteiger partial charge in [0.25, 0.3) is 0 Å². The van der Waals surface area contributed by atoms with E-state index in [1.807, 2.05) is 4.90 Å². The van der Waals surface area contributed by atoms with Gasteiger partial charge in [-0.15, -0.1) is 0 Å². The van der Waals surface area contributed by atoms with Crippen molar-refractivity contribution in [1.82, 2.24) is 9.80 Å². The molecule has 0 radical (unpaired) electrons. The summed E-state index contributed by atoms with van der Waals surface area (Å²) in [6.45, 7) is 2.87. The molecule has 0 saturated carbocycles. The molecular weight excluding hydrogens is 307 g/mol. The molecule has 2 atom stereocenters. The van der Waals surface area contributed by atoms with Crippen LogP contribution >= 0.6 is 11.6 Å². The molecule has 3 saturated heterocycles. The molecule has 118 valence electrons. The SMILES string of the molecule is O=C1C[C@H]2N(Cc3cc(F)ccc3Cl)CC[C@]23OCCCN13. The van der Waals surface area contributed by atoms with Crippen LogP contribution in [0.1, 0.15) is 24.8 Å². The Bertz CT molecular complexity index is 626. The minimum atomic E-state index is -0.463. The molecule has 3 aliphatic heterocycles. The largest absolute Gasteiger partial charge is 0.354 e. The Labute approximate surface area is 133 Å². The van der Waals surface area contributed by atoms with E-state index in [4.69, 9.17) is 16.3 Å². The van der Waals surface area contributed by atoms with E-state index in [1.165, 1.54) is 12.1 Å². The van der Waals surface area contributed by atoms with E-state index in [9.17, 15) is 9.18 Å². The third kappa shape index (κ3) is 2.07. The Kier molecular flexibility index (Phi) is 3.40. The second-order valence-electron chi connectivity index (χ2n) is 6.27. The van der Waals surface area contributed by atoms with Gasteiger partial charge in [0.05, 0.1) is 12.6 Å². The van der Waals surface area contributed by atoms with Gasteiger partial charge in [0.1, 0.15) is 5.82 Å². The summed E-state index contributed by atoms with van der Waals surface area (Å²) in [5.74, 6) is -0.119. The fourth-order valence-electron chi connectivity index (χ4n) is 4.11. The van der Waals surface area contributed by atoms with Gasteiger partial charge in [-0.05, 0) is 30.2 Å². The zero-order chi connectivity index (χ0) is 15.3. The van der Waals surface area contributed by atoms with Gasteiger partial charge < -0.3 is 9.64 Å². The lowest BCUT2D eigenvalue weighted by Gasteiger charge is -2.42. The van der Waals surface area contributed by atoms with Crippen LogP contribution in [0.3, 0.4) is 0 Å². The van der Waals surface area contributed by atoms with Crippen molar-refractivity contribution in [2.45, 2.75) is 37.6 Å². The van der Waals surface area contributed by atoms with Crippen molar-refractivity contribution >= 4 is 17.5 Å². The average Bonchev–Trinajstić information content (AvgIpc) is 2.97. The van der Waals surface area contributed by atoms with Gasteiger partial charge in [-0.3, -0.25) is 9.69 Å². The van der Waals surface area contributed by atoms with Gasteiger partial charge in [0.2, 0.25) is 5.91 Å². The van der Waals surface area contributed by atoms with Crippen LogP contribution < -0.4 is 0 Å². The molecule has 0 bridgehead atoms. The molecule has 0 aromatic heterocycles. The number of carbonyl (C=O) groups excluding carboxylic acids is 1. The van der Waals surface area contributed by atoms with Crippen molar-refractivity contribution in [1.29, 1.82) is 0 Å². The highest BCUT2D eigenvalue weighted by Gasteiger charge is 2.60. The van der Waals surface area contributed by atoms with Crippen LogP contribution in [0.25, 0.3) is 0 Å². The quantitative estimate of drug-likeness (QED) is 0.837. The average molecular weight is 325 g/mol. The van der Waals surface area contributed by atoms with Crippen molar-refractivity contribution < 1.29 is 13.9 Å². The smallest absolute Gasteiger partial charge is 0.226 e. The molecule has 3 fully saturated rings. The van der Waals surface area contributed by atoms with E-state index < -0.39 is 5.72 Å². The number of benzene rings is 1. The van der Waals surface area contributed by atoms with Gasteiger partial charge in [0.15, 0.2) is 5.72 Å². The molecule has 1 aromatic carbocycles. The zero-order valence-corrected chi connectivity index (χ0v) is 13.0. The number of nitrogens with zero attached hydrogens (tertiary/aromatic N) is 2. The van der Waals surface area contributed by atoms with E-state index in [0.29, 0.717) is 24.6 Å². The van der Waals surface area contributed by atoms with Crippen LogP contribution in [0.4, 0.5) is 4.39 Å². The number of likely N-dealkylation sites (tertiary alicyclic amines) is 1. The molecule has 4 rings (SSSR count). The summed E-state index contributed by atoms with van der Waals surface area (Å²) in [6.07, 6.45) is 2.19. The molecule has 4 nitrogen and oxygen atoms in total. The van der Waals surface area contributed by atoms with Crippen LogP contribution in [0.2, 0.25) is 5.02 Å². The van der Waals surface area contributed by atoms with Gasteiger partial charge in [0, 0.05) is 37.5 Å². The number of hydrogen-bond acceptors (Lipinski definition) is 3. The van der Waals surface area contributed by atoms with Crippen molar-refractivity contribution in [2.75, 3.05) is 19.7 Å². The molecule has 1 spiro atoms. The predicted octanol–water partition coefficient (Wildman–Crippen LogP) is 2.40. The van der Waals surface area contributed by atoms with E-state index in [2.05, 4.69) is 4.90 Å². The maximum Gasteiger partial charge on any atom is 0.226 e. The Balaban J connectivity index is 1.60. The summed E-state index contributed by atoms with van der Waals surface area (Å²) in [6, 6.07) is 4.47. The summed E-state index contributed by atoms with van der Waals surface area (Å²) >= 11 is 6.18. The maximum atomic E-state index is 13.5. The fraction of sp³-hybridized carbons (Fsp3) is 0.562. The summed E-state index contributed by atoms with van der Waals surface area (Å²) in [5.41, 5.74) is 0.301. The van der Waals surface area contributed by atoms with E-state index in [0.717, 1.165) is 31.5 Å². The lowest BCUT2D eigenvalue weighted by molar-refractivity contribution is -0.180. The highest BCUT2D eigenvalue weighted by Crippen LogP contribution is 2.45. The highest BCUT2D eigenvalue weighted by atomic mass is 35.5. The van der Waals surface area contributed by atoms with E-state index >= 15 is 0 Å². The minimum Gasteiger partial charge on any atom is -0.354 e. The van der Waals surface area contributed by atoms with Gasteiger partial charge in [-0.25, -0.2) is 4.39 Å². The first kappa shape index (κ1) is 14.4. The van der Waals surface area contributed by atoms with Crippen molar-refractivity contribution in [3.8, 4) is 0 Å². The Morgan fingerprint density at radius 2 is 2.27 bits per heavy atom. The number of carbonyl (C=O) groups is 1. The zero-order valence-electron chi connectivity index (χ0n) is 12.2. The van der Waals surface area contributed by atoms with Crippen molar-refractivity contribution in [2.24, 2.45) is 0 Å². The van der Waals surface area contributed by atoms with Crippen molar-refractivity contribution in [3.63, 3.8) is 0 Å². The third-order valence-electron chi connectivity index (χ3n) is 5.10. The Hall–Kier alpha value is -1.17. The normalized spacial score (nSPS) is 31.5. The minimum absolute atomic E-state index is 0.0413. The maximum absolute atomic E-state index is 13.5. The third-order valence-corrected chi connectivity index (χ3v) is 5.47.